The molecular weight excluding hydrogens is 230 g/mol. The molecule has 1 aliphatic heterocycles. The Kier molecular flexibility index (Phi) is 9.48. The molecule has 0 saturated carbocycles. The summed E-state index contributed by atoms with van der Waals surface area (Å²) in [6.07, 6.45) is 5.86. The summed E-state index contributed by atoms with van der Waals surface area (Å²) in [6.45, 7) is 6.23. The minimum Gasteiger partial charge on any atom is -0.396 e. The normalized spacial score (nSPS) is 19.0. The van der Waals surface area contributed by atoms with Crippen molar-refractivity contribution in [2.24, 2.45) is 5.92 Å². The first kappa shape index (κ1) is 15.9. The van der Waals surface area contributed by atoms with Gasteiger partial charge in [-0.15, -0.1) is 0 Å². The molecule has 1 heterocycles. The minimum atomic E-state index is 0.298. The predicted molar refractivity (Wildman–Crippen MR) is 72.8 cm³/mol. The molecule has 0 spiro atoms. The van der Waals surface area contributed by atoms with Gasteiger partial charge in [-0.25, -0.2) is 0 Å². The van der Waals surface area contributed by atoms with Gasteiger partial charge in [0.15, 0.2) is 0 Å². The van der Waals surface area contributed by atoms with Gasteiger partial charge in [-0.2, -0.15) is 0 Å². The number of hydrogen-bond donors (Lipinski definition) is 1. The number of nitrogens with zero attached hydrogens (tertiary/aromatic N) is 1. The maximum absolute atomic E-state index is 9.24. The van der Waals surface area contributed by atoms with Crippen LogP contribution in [0.4, 0.5) is 0 Å². The second-order valence-corrected chi connectivity index (χ2v) is 5.13. The summed E-state index contributed by atoms with van der Waals surface area (Å²) in [5, 5.41) is 9.24. The predicted octanol–water partition coefficient (Wildman–Crippen LogP) is 1.52. The van der Waals surface area contributed by atoms with Crippen molar-refractivity contribution in [3.8, 4) is 0 Å². The number of ether oxygens (including phenoxy) is 2. The third kappa shape index (κ3) is 7.31. The number of methoxy groups -OCH3 is 1. The zero-order valence-corrected chi connectivity index (χ0v) is 11.8. The maximum Gasteiger partial charge on any atom is 0.0594 e. The molecule has 18 heavy (non-hydrogen) atoms. The van der Waals surface area contributed by atoms with Crippen LogP contribution in [0, 0.1) is 5.92 Å². The quantitative estimate of drug-likeness (QED) is 0.604. The fourth-order valence-electron chi connectivity index (χ4n) is 2.38. The first-order valence-corrected chi connectivity index (χ1v) is 7.26. The van der Waals surface area contributed by atoms with Gasteiger partial charge in [-0.05, 0) is 31.7 Å². The summed E-state index contributed by atoms with van der Waals surface area (Å²) in [4.78, 5) is 2.48. The summed E-state index contributed by atoms with van der Waals surface area (Å²) in [5.74, 6) is 0.424. The van der Waals surface area contributed by atoms with E-state index < -0.39 is 0 Å². The van der Waals surface area contributed by atoms with Gasteiger partial charge in [0.25, 0.3) is 0 Å². The molecule has 1 saturated heterocycles. The van der Waals surface area contributed by atoms with E-state index in [0.29, 0.717) is 12.5 Å². The van der Waals surface area contributed by atoms with E-state index in [1.54, 1.807) is 7.11 Å². The Balaban J connectivity index is 1.93. The van der Waals surface area contributed by atoms with Gasteiger partial charge >= 0.3 is 0 Å². The Morgan fingerprint density at radius 1 is 1.17 bits per heavy atom. The molecule has 1 fully saturated rings. The zero-order chi connectivity index (χ0) is 13.1. The third-order valence-corrected chi connectivity index (χ3v) is 3.68. The first-order chi connectivity index (χ1) is 8.86. The Bertz CT molecular complexity index is 184. The Hall–Kier alpha value is -0.160. The topological polar surface area (TPSA) is 41.9 Å². The molecule has 0 unspecified atom stereocenters. The molecule has 0 bridgehead atoms. The van der Waals surface area contributed by atoms with Crippen LogP contribution in [0.25, 0.3) is 0 Å². The monoisotopic (exact) mass is 259 g/mol. The molecule has 0 radical (unpaired) electrons. The van der Waals surface area contributed by atoms with E-state index >= 15 is 0 Å². The summed E-state index contributed by atoms with van der Waals surface area (Å²) in [7, 11) is 1.72. The molecule has 1 atom stereocenters. The highest BCUT2D eigenvalue weighted by Gasteiger charge is 2.10. The van der Waals surface area contributed by atoms with Gasteiger partial charge in [0.2, 0.25) is 0 Å². The van der Waals surface area contributed by atoms with Crippen LogP contribution in [-0.4, -0.2) is 63.2 Å². The largest absolute Gasteiger partial charge is 0.396 e. The molecule has 0 amide bonds. The van der Waals surface area contributed by atoms with Crippen LogP contribution in [0.5, 0.6) is 0 Å². The van der Waals surface area contributed by atoms with Crippen LogP contribution < -0.4 is 0 Å². The molecule has 1 N–H and O–H groups in total. The minimum absolute atomic E-state index is 0.298. The number of unbranched alkanes of at least 4 members (excludes halogenated alkanes) is 2. The van der Waals surface area contributed by atoms with Gasteiger partial charge in [0.1, 0.15) is 0 Å². The molecule has 0 aromatic heterocycles. The number of morpholine rings is 1. The Labute approximate surface area is 111 Å². The van der Waals surface area contributed by atoms with Crippen molar-refractivity contribution in [3.05, 3.63) is 0 Å². The van der Waals surface area contributed by atoms with Crippen molar-refractivity contribution in [3.63, 3.8) is 0 Å². The van der Waals surface area contributed by atoms with Gasteiger partial charge < -0.3 is 14.6 Å². The molecule has 1 aliphatic rings. The average Bonchev–Trinajstić information content (AvgIpc) is 2.43. The third-order valence-electron chi connectivity index (χ3n) is 3.68. The second kappa shape index (κ2) is 10.7. The number of hydrogen-bond acceptors (Lipinski definition) is 4. The van der Waals surface area contributed by atoms with E-state index in [1.807, 2.05) is 0 Å². The Morgan fingerprint density at radius 3 is 2.61 bits per heavy atom. The van der Waals surface area contributed by atoms with E-state index in [2.05, 4.69) is 4.90 Å². The van der Waals surface area contributed by atoms with Crippen molar-refractivity contribution in [2.75, 3.05) is 53.2 Å². The van der Waals surface area contributed by atoms with E-state index in [1.165, 1.54) is 25.8 Å². The molecule has 1 rings (SSSR count). The van der Waals surface area contributed by atoms with Gasteiger partial charge in [0.05, 0.1) is 13.2 Å². The maximum atomic E-state index is 9.24. The van der Waals surface area contributed by atoms with Crippen LogP contribution in [0.2, 0.25) is 0 Å². The van der Waals surface area contributed by atoms with Crippen LogP contribution in [0.3, 0.4) is 0 Å². The highest BCUT2D eigenvalue weighted by Crippen LogP contribution is 2.13. The van der Waals surface area contributed by atoms with Gasteiger partial charge in [0, 0.05) is 33.4 Å². The summed E-state index contributed by atoms with van der Waals surface area (Å²) in [5.41, 5.74) is 0. The van der Waals surface area contributed by atoms with Gasteiger partial charge in [-0.3, -0.25) is 4.90 Å². The van der Waals surface area contributed by atoms with Crippen molar-refractivity contribution < 1.29 is 14.6 Å². The van der Waals surface area contributed by atoms with Crippen LogP contribution in [0.15, 0.2) is 0 Å². The molecule has 4 nitrogen and oxygen atoms in total. The SMILES string of the molecule is COCC[C@@H](CO)CCCCCN1CCOCC1. The molecule has 108 valence electrons. The van der Waals surface area contributed by atoms with Crippen molar-refractivity contribution in [2.45, 2.75) is 32.1 Å². The summed E-state index contributed by atoms with van der Waals surface area (Å²) in [6, 6.07) is 0. The van der Waals surface area contributed by atoms with Crippen LogP contribution in [-0.2, 0) is 9.47 Å². The fraction of sp³-hybridized carbons (Fsp3) is 1.00. The lowest BCUT2D eigenvalue weighted by atomic mass is 9.99. The molecule has 0 aromatic rings. The highest BCUT2D eigenvalue weighted by molar-refractivity contribution is 4.63. The lowest BCUT2D eigenvalue weighted by molar-refractivity contribution is 0.0370. The number of aliphatic hydroxyl groups is 1. The highest BCUT2D eigenvalue weighted by atomic mass is 16.5. The number of aliphatic hydroxyl groups excluding tert-OH is 1. The first-order valence-electron chi connectivity index (χ1n) is 7.26. The van der Waals surface area contributed by atoms with Crippen LogP contribution >= 0.6 is 0 Å². The van der Waals surface area contributed by atoms with E-state index in [9.17, 15) is 5.11 Å². The van der Waals surface area contributed by atoms with Crippen molar-refractivity contribution in [1.82, 2.24) is 4.90 Å². The smallest absolute Gasteiger partial charge is 0.0594 e. The summed E-state index contributed by atoms with van der Waals surface area (Å²) >= 11 is 0. The average molecular weight is 259 g/mol. The van der Waals surface area contributed by atoms with Crippen LogP contribution in [0.1, 0.15) is 32.1 Å². The lowest BCUT2D eigenvalue weighted by Gasteiger charge is -2.26. The molecule has 4 heteroatoms. The van der Waals surface area contributed by atoms with E-state index in [4.69, 9.17) is 9.47 Å². The summed E-state index contributed by atoms with van der Waals surface area (Å²) < 4.78 is 10.4. The fourth-order valence-corrected chi connectivity index (χ4v) is 2.38. The molecule has 0 aliphatic carbocycles. The lowest BCUT2D eigenvalue weighted by Crippen LogP contribution is -2.36. The van der Waals surface area contributed by atoms with Crippen molar-refractivity contribution in [1.29, 1.82) is 0 Å². The zero-order valence-electron chi connectivity index (χ0n) is 11.8. The van der Waals surface area contributed by atoms with Gasteiger partial charge in [-0.1, -0.05) is 12.8 Å². The van der Waals surface area contributed by atoms with E-state index in [-0.39, 0.29) is 0 Å². The standard InChI is InChI=1S/C14H29NO3/c1-17-10-6-14(13-16)5-3-2-4-7-15-8-11-18-12-9-15/h14,16H,2-13H2,1H3/t14-/m0/s1. The molecular formula is C14H29NO3. The number of rotatable bonds is 10. The Morgan fingerprint density at radius 2 is 1.94 bits per heavy atom. The molecule has 0 aromatic carbocycles. The van der Waals surface area contributed by atoms with Crippen molar-refractivity contribution >= 4 is 0 Å². The van der Waals surface area contributed by atoms with E-state index in [0.717, 1.165) is 45.8 Å². The second-order valence-electron chi connectivity index (χ2n) is 5.13.